The van der Waals surface area contributed by atoms with Gasteiger partial charge < -0.3 is 5.32 Å². The van der Waals surface area contributed by atoms with Crippen molar-refractivity contribution in [3.05, 3.63) is 46.3 Å². The van der Waals surface area contributed by atoms with Crippen LogP contribution < -0.4 is 5.32 Å². The molecule has 114 valence electrons. The quantitative estimate of drug-likeness (QED) is 0.904. The SMILES string of the molecule is CCC(NC(=O)CC1C=CS(=O)(=O)C1)c1ccc(Cl)cc1. The zero-order valence-electron chi connectivity index (χ0n) is 11.8. The predicted octanol–water partition coefficient (Wildman–Crippen LogP) is 2.86. The van der Waals surface area contributed by atoms with E-state index in [4.69, 9.17) is 11.6 Å². The van der Waals surface area contributed by atoms with E-state index < -0.39 is 9.84 Å². The Balaban J connectivity index is 1.94. The molecule has 1 heterocycles. The van der Waals surface area contributed by atoms with E-state index in [0.29, 0.717) is 5.02 Å². The minimum absolute atomic E-state index is 0.0259. The summed E-state index contributed by atoms with van der Waals surface area (Å²) in [5, 5.41) is 4.80. The predicted molar refractivity (Wildman–Crippen MR) is 83.7 cm³/mol. The number of carbonyl (C=O) groups is 1. The second kappa shape index (κ2) is 6.62. The molecule has 1 N–H and O–H groups in total. The number of hydrogen-bond donors (Lipinski definition) is 1. The third-order valence-corrected chi connectivity index (χ3v) is 5.18. The summed E-state index contributed by atoms with van der Waals surface area (Å²) in [4.78, 5) is 12.1. The largest absolute Gasteiger partial charge is 0.349 e. The first-order valence-corrected chi connectivity index (χ1v) is 8.94. The molecule has 0 spiro atoms. The Morgan fingerprint density at radius 3 is 2.57 bits per heavy atom. The van der Waals surface area contributed by atoms with Crippen molar-refractivity contribution in [2.24, 2.45) is 5.92 Å². The lowest BCUT2D eigenvalue weighted by Crippen LogP contribution is -2.29. The fourth-order valence-electron chi connectivity index (χ4n) is 2.37. The first-order chi connectivity index (χ1) is 9.89. The second-order valence-electron chi connectivity index (χ2n) is 5.20. The van der Waals surface area contributed by atoms with Gasteiger partial charge in [0.15, 0.2) is 9.84 Å². The number of allylic oxidation sites excluding steroid dienone is 1. The first-order valence-electron chi connectivity index (χ1n) is 6.85. The highest BCUT2D eigenvalue weighted by atomic mass is 35.5. The topological polar surface area (TPSA) is 63.2 Å². The minimum atomic E-state index is -3.11. The van der Waals surface area contributed by atoms with E-state index >= 15 is 0 Å². The van der Waals surface area contributed by atoms with E-state index in [9.17, 15) is 13.2 Å². The van der Waals surface area contributed by atoms with Gasteiger partial charge >= 0.3 is 0 Å². The molecule has 4 nitrogen and oxygen atoms in total. The van der Waals surface area contributed by atoms with Gasteiger partial charge in [-0.2, -0.15) is 0 Å². The number of sulfone groups is 1. The molecule has 2 unspecified atom stereocenters. The van der Waals surface area contributed by atoms with Crippen molar-refractivity contribution in [2.45, 2.75) is 25.8 Å². The molecule has 0 bridgehead atoms. The molecule has 0 aliphatic carbocycles. The van der Waals surface area contributed by atoms with E-state index in [1.165, 1.54) is 5.41 Å². The van der Waals surface area contributed by atoms with Crippen LogP contribution in [0.2, 0.25) is 5.02 Å². The van der Waals surface area contributed by atoms with Gasteiger partial charge in [-0.25, -0.2) is 8.42 Å². The minimum Gasteiger partial charge on any atom is -0.349 e. The van der Waals surface area contributed by atoms with Crippen molar-refractivity contribution in [3.63, 3.8) is 0 Å². The number of hydrogen-bond acceptors (Lipinski definition) is 3. The van der Waals surface area contributed by atoms with Crippen LogP contribution in [0.4, 0.5) is 0 Å². The lowest BCUT2D eigenvalue weighted by Gasteiger charge is -2.18. The highest BCUT2D eigenvalue weighted by Crippen LogP contribution is 2.21. The normalized spacial score (nSPS) is 21.1. The summed E-state index contributed by atoms with van der Waals surface area (Å²) < 4.78 is 22.6. The Kier molecular flexibility index (Phi) is 5.06. The van der Waals surface area contributed by atoms with Crippen LogP contribution in [0.25, 0.3) is 0 Å². The zero-order valence-corrected chi connectivity index (χ0v) is 13.3. The molecule has 1 amide bonds. The Morgan fingerprint density at radius 2 is 2.05 bits per heavy atom. The van der Waals surface area contributed by atoms with Crippen LogP contribution in [0.5, 0.6) is 0 Å². The van der Waals surface area contributed by atoms with Gasteiger partial charge in [0.1, 0.15) is 0 Å². The average Bonchev–Trinajstić information content (AvgIpc) is 2.76. The van der Waals surface area contributed by atoms with Crippen LogP contribution in [0, 0.1) is 5.92 Å². The Hall–Kier alpha value is -1.33. The van der Waals surface area contributed by atoms with Crippen LogP contribution in [0.1, 0.15) is 31.4 Å². The molecule has 6 heteroatoms. The molecule has 21 heavy (non-hydrogen) atoms. The standard InChI is InChI=1S/C15H18ClNO3S/c1-2-14(12-3-5-13(16)6-4-12)17-15(18)9-11-7-8-21(19,20)10-11/h3-8,11,14H,2,9-10H2,1H3,(H,17,18). The van der Waals surface area contributed by atoms with E-state index in [0.717, 1.165) is 12.0 Å². The third-order valence-electron chi connectivity index (χ3n) is 3.47. The fraction of sp³-hybridized carbons (Fsp3) is 0.400. The number of carbonyl (C=O) groups excluding carboxylic acids is 1. The number of benzene rings is 1. The van der Waals surface area contributed by atoms with Crippen molar-refractivity contribution >= 4 is 27.3 Å². The van der Waals surface area contributed by atoms with Gasteiger partial charge in [0.25, 0.3) is 0 Å². The second-order valence-corrected chi connectivity index (χ2v) is 7.57. The van der Waals surface area contributed by atoms with Crippen LogP contribution >= 0.6 is 11.6 Å². The van der Waals surface area contributed by atoms with Crippen LogP contribution in [0.15, 0.2) is 35.7 Å². The first kappa shape index (κ1) is 16.0. The Bertz CT molecular complexity index is 637. The highest BCUT2D eigenvalue weighted by molar-refractivity contribution is 7.94. The summed E-state index contributed by atoms with van der Waals surface area (Å²) in [5.74, 6) is -0.334. The molecule has 1 aliphatic rings. The van der Waals surface area contributed by atoms with Gasteiger partial charge in [-0.05, 0) is 24.1 Å². The van der Waals surface area contributed by atoms with Crippen molar-refractivity contribution in [3.8, 4) is 0 Å². The van der Waals surface area contributed by atoms with Crippen LogP contribution in [-0.2, 0) is 14.6 Å². The molecule has 0 radical (unpaired) electrons. The molecular weight excluding hydrogens is 310 g/mol. The molecule has 1 aromatic rings. The van der Waals surface area contributed by atoms with E-state index in [2.05, 4.69) is 5.32 Å². The average molecular weight is 328 g/mol. The van der Waals surface area contributed by atoms with Crippen molar-refractivity contribution < 1.29 is 13.2 Å². The molecule has 0 saturated heterocycles. The van der Waals surface area contributed by atoms with Gasteiger partial charge in [0, 0.05) is 22.8 Å². The van der Waals surface area contributed by atoms with Crippen LogP contribution in [0.3, 0.4) is 0 Å². The van der Waals surface area contributed by atoms with Crippen LogP contribution in [-0.4, -0.2) is 20.1 Å². The molecule has 1 aliphatic heterocycles. The monoisotopic (exact) mass is 327 g/mol. The summed E-state index contributed by atoms with van der Waals surface area (Å²) in [6.07, 6.45) is 2.55. The fourth-order valence-corrected chi connectivity index (χ4v) is 3.90. The summed E-state index contributed by atoms with van der Waals surface area (Å²) in [6.45, 7) is 1.99. The highest BCUT2D eigenvalue weighted by Gasteiger charge is 2.24. The summed E-state index contributed by atoms with van der Waals surface area (Å²) >= 11 is 5.85. The number of rotatable bonds is 5. The van der Waals surface area contributed by atoms with Gasteiger partial charge in [-0.3, -0.25) is 4.79 Å². The van der Waals surface area contributed by atoms with Gasteiger partial charge in [-0.15, -0.1) is 0 Å². The van der Waals surface area contributed by atoms with Gasteiger partial charge in [0.2, 0.25) is 5.91 Å². The molecule has 2 atom stereocenters. The maximum atomic E-state index is 12.1. The maximum absolute atomic E-state index is 12.1. The van der Waals surface area contributed by atoms with Crippen molar-refractivity contribution in [1.29, 1.82) is 0 Å². The van der Waals surface area contributed by atoms with Crippen molar-refractivity contribution in [2.75, 3.05) is 5.75 Å². The van der Waals surface area contributed by atoms with Gasteiger partial charge in [0.05, 0.1) is 11.8 Å². The number of nitrogens with one attached hydrogen (secondary N) is 1. The summed E-state index contributed by atoms with van der Waals surface area (Å²) in [6, 6.07) is 7.26. The number of amides is 1. The molecule has 0 fully saturated rings. The Labute approximate surface area is 130 Å². The summed E-state index contributed by atoms with van der Waals surface area (Å²) in [5.41, 5.74) is 0.991. The number of halogens is 1. The smallest absolute Gasteiger partial charge is 0.221 e. The van der Waals surface area contributed by atoms with Gasteiger partial charge in [-0.1, -0.05) is 36.7 Å². The molecule has 0 aromatic heterocycles. The lowest BCUT2D eigenvalue weighted by atomic mass is 10.0. The molecule has 1 aromatic carbocycles. The van der Waals surface area contributed by atoms with E-state index in [1.807, 2.05) is 19.1 Å². The third kappa shape index (κ3) is 4.58. The molecule has 2 rings (SSSR count). The zero-order chi connectivity index (χ0) is 15.5. The maximum Gasteiger partial charge on any atom is 0.221 e. The lowest BCUT2D eigenvalue weighted by molar-refractivity contribution is -0.122. The molecular formula is C15H18ClNO3S. The Morgan fingerprint density at radius 1 is 1.38 bits per heavy atom. The summed E-state index contributed by atoms with van der Waals surface area (Å²) in [7, 11) is -3.11. The van der Waals surface area contributed by atoms with Crippen molar-refractivity contribution in [1.82, 2.24) is 5.32 Å². The van der Waals surface area contributed by atoms with E-state index in [1.54, 1.807) is 18.2 Å². The van der Waals surface area contributed by atoms with E-state index in [-0.39, 0.29) is 30.0 Å². The molecule has 0 saturated carbocycles.